The summed E-state index contributed by atoms with van der Waals surface area (Å²) in [4.78, 5) is 29.8. The molecule has 13 heteroatoms. The van der Waals surface area contributed by atoms with E-state index in [2.05, 4.69) is 19.7 Å². The first-order valence-corrected chi connectivity index (χ1v) is 9.41. The molecule has 0 saturated carbocycles. The van der Waals surface area contributed by atoms with Gasteiger partial charge in [-0.25, -0.2) is 14.5 Å². The molecule has 0 aromatic carbocycles. The molecular formula is C15H14N6O6S. The van der Waals surface area contributed by atoms with Crippen molar-refractivity contribution in [2.75, 3.05) is 18.4 Å². The molecule has 2 aliphatic heterocycles. The number of nitrogens with zero attached hydrogens (tertiary/aromatic N) is 5. The Balaban J connectivity index is 1.52. The normalized spacial score (nSPS) is 19.0. The third-order valence-corrected chi connectivity index (χ3v) is 4.45. The molecule has 1 atom stereocenters. The van der Waals surface area contributed by atoms with E-state index < -0.39 is 28.4 Å². The van der Waals surface area contributed by atoms with Crippen LogP contribution in [0, 0.1) is 0 Å². The number of hydrogen-bond acceptors (Lipinski definition) is 7. The smallest absolute Gasteiger partial charge is 0.314 e. The Morgan fingerprint density at radius 2 is 2.14 bits per heavy atom. The quantitative estimate of drug-likeness (QED) is 0.671. The number of hydrogen-bond donors (Lipinski definition) is 2. The zero-order valence-electron chi connectivity index (χ0n) is 14.2. The summed E-state index contributed by atoms with van der Waals surface area (Å²) in [5.74, 6) is -0.0729. The maximum absolute atomic E-state index is 12.3. The molecule has 1 unspecified atom stereocenters. The van der Waals surface area contributed by atoms with E-state index in [9.17, 15) is 18.0 Å². The van der Waals surface area contributed by atoms with Crippen molar-refractivity contribution in [3.63, 3.8) is 0 Å². The summed E-state index contributed by atoms with van der Waals surface area (Å²) in [6.07, 6.45) is 4.67. The molecule has 146 valence electrons. The Kier molecular flexibility index (Phi) is 4.33. The maximum Gasteiger partial charge on any atom is 0.418 e. The zero-order chi connectivity index (χ0) is 19.9. The highest BCUT2D eigenvalue weighted by molar-refractivity contribution is 7.80. The average Bonchev–Trinajstić information content (AvgIpc) is 3.22. The third-order valence-electron chi connectivity index (χ3n) is 4.10. The Morgan fingerprint density at radius 1 is 1.32 bits per heavy atom. The van der Waals surface area contributed by atoms with Crippen LogP contribution in [-0.2, 0) is 14.7 Å². The first kappa shape index (κ1) is 18.1. The lowest BCUT2D eigenvalue weighted by atomic mass is 10.2. The number of nitrogens with one attached hydrogen (secondary N) is 1. The number of fused-ring (bicyclic) bond motifs is 2. The van der Waals surface area contributed by atoms with Crippen LogP contribution in [0.15, 0.2) is 42.7 Å². The van der Waals surface area contributed by atoms with Gasteiger partial charge in [0.25, 0.3) is 5.91 Å². The number of hydroxylamine groups is 2. The molecule has 2 aromatic heterocycles. The van der Waals surface area contributed by atoms with Crippen molar-refractivity contribution in [1.82, 2.24) is 24.7 Å². The Hall–Kier alpha value is -3.29. The zero-order valence-corrected chi connectivity index (χ0v) is 15.0. The van der Waals surface area contributed by atoms with Crippen molar-refractivity contribution in [2.45, 2.75) is 6.04 Å². The molecular weight excluding hydrogens is 392 g/mol. The molecule has 1 fully saturated rings. The van der Waals surface area contributed by atoms with Crippen LogP contribution in [0.2, 0.25) is 0 Å². The molecule has 28 heavy (non-hydrogen) atoms. The number of urea groups is 1. The topological polar surface area (TPSA) is 147 Å². The molecule has 2 N–H and O–H groups in total. The molecule has 0 radical (unpaired) electrons. The van der Waals surface area contributed by atoms with Gasteiger partial charge in [0.1, 0.15) is 11.9 Å². The first-order chi connectivity index (χ1) is 13.3. The minimum atomic E-state index is -4.83. The molecule has 2 bridgehead atoms. The van der Waals surface area contributed by atoms with Gasteiger partial charge in [-0.2, -0.15) is 18.6 Å². The second-order valence-electron chi connectivity index (χ2n) is 6.03. The van der Waals surface area contributed by atoms with Crippen molar-refractivity contribution >= 4 is 33.9 Å². The highest BCUT2D eigenvalue weighted by atomic mass is 32.3. The molecule has 0 aliphatic carbocycles. The number of anilines is 1. The van der Waals surface area contributed by atoms with Crippen LogP contribution in [0.1, 0.15) is 10.5 Å². The predicted octanol–water partition coefficient (Wildman–Crippen LogP) is 0.225. The summed E-state index contributed by atoms with van der Waals surface area (Å²) in [5.41, 5.74) is 0.680. The predicted molar refractivity (Wildman–Crippen MR) is 93.9 cm³/mol. The molecule has 2 aliphatic rings. The van der Waals surface area contributed by atoms with E-state index in [1.807, 2.05) is 0 Å². The van der Waals surface area contributed by atoms with E-state index in [1.54, 1.807) is 36.7 Å². The standard InChI is InChI=1S/C15H14N6O6S/c22-14(17-13-3-1-2-5-16-13)12-4-6-20(18-12)10-7-11-9-19(8-10)15(23)21(11)27-28(24,25)26/h1-7,11H,8-9H2,(H,16,17,22)(H,24,25,26). The molecule has 2 aromatic rings. The lowest BCUT2D eigenvalue weighted by molar-refractivity contribution is -0.0183. The Bertz CT molecular complexity index is 1070. The van der Waals surface area contributed by atoms with Crippen LogP contribution in [0.25, 0.3) is 5.70 Å². The van der Waals surface area contributed by atoms with Crippen LogP contribution in [0.5, 0.6) is 0 Å². The van der Waals surface area contributed by atoms with Crippen LogP contribution < -0.4 is 5.32 Å². The summed E-state index contributed by atoms with van der Waals surface area (Å²) >= 11 is 0. The average molecular weight is 406 g/mol. The van der Waals surface area contributed by atoms with E-state index in [4.69, 9.17) is 4.55 Å². The minimum Gasteiger partial charge on any atom is -0.314 e. The van der Waals surface area contributed by atoms with Crippen molar-refractivity contribution in [1.29, 1.82) is 0 Å². The molecule has 4 heterocycles. The van der Waals surface area contributed by atoms with Crippen LogP contribution in [0.4, 0.5) is 10.6 Å². The van der Waals surface area contributed by atoms with Gasteiger partial charge in [-0.3, -0.25) is 9.35 Å². The molecule has 12 nitrogen and oxygen atoms in total. The molecule has 0 spiro atoms. The number of aromatic nitrogens is 3. The molecule has 4 rings (SSSR count). The highest BCUT2D eigenvalue weighted by Gasteiger charge is 2.43. The summed E-state index contributed by atoms with van der Waals surface area (Å²) in [5, 5.41) is 7.39. The van der Waals surface area contributed by atoms with Crippen molar-refractivity contribution in [2.24, 2.45) is 0 Å². The van der Waals surface area contributed by atoms with Gasteiger partial charge in [-0.1, -0.05) is 6.07 Å². The van der Waals surface area contributed by atoms with Crippen LogP contribution in [-0.4, -0.2) is 68.8 Å². The summed E-state index contributed by atoms with van der Waals surface area (Å²) in [6.45, 7) is 0.329. The fourth-order valence-corrected chi connectivity index (χ4v) is 3.32. The van der Waals surface area contributed by atoms with E-state index in [1.165, 1.54) is 15.6 Å². The lowest BCUT2D eigenvalue weighted by Crippen LogP contribution is -2.35. The van der Waals surface area contributed by atoms with Gasteiger partial charge in [0.15, 0.2) is 5.69 Å². The SMILES string of the molecule is O=C(Nc1ccccn1)c1ccn(C2=CC3CN(C2)C(=O)N3OS(=O)(=O)O)n1. The number of amides is 3. The highest BCUT2D eigenvalue weighted by Crippen LogP contribution is 2.27. The number of rotatable bonds is 5. The number of pyridine rings is 1. The van der Waals surface area contributed by atoms with Gasteiger partial charge >= 0.3 is 16.4 Å². The van der Waals surface area contributed by atoms with Gasteiger partial charge in [0.2, 0.25) is 0 Å². The van der Waals surface area contributed by atoms with Gasteiger partial charge in [0, 0.05) is 18.9 Å². The number of carbonyl (C=O) groups is 2. The summed E-state index contributed by atoms with van der Waals surface area (Å²) < 4.78 is 36.5. The van der Waals surface area contributed by atoms with Gasteiger partial charge in [0.05, 0.1) is 12.2 Å². The minimum absolute atomic E-state index is 0.129. The second-order valence-corrected chi connectivity index (χ2v) is 7.04. The van der Waals surface area contributed by atoms with Crippen molar-refractivity contribution in [3.05, 3.63) is 48.4 Å². The second kappa shape index (κ2) is 6.70. The Labute approximate surface area is 158 Å². The van der Waals surface area contributed by atoms with Crippen molar-refractivity contribution in [3.8, 4) is 0 Å². The summed E-state index contributed by atoms with van der Waals surface area (Å²) in [6, 6.07) is 5.16. The van der Waals surface area contributed by atoms with Crippen LogP contribution in [0.3, 0.4) is 0 Å². The molecule has 1 saturated heterocycles. The fraction of sp³-hybridized carbons (Fsp3) is 0.200. The van der Waals surface area contributed by atoms with E-state index >= 15 is 0 Å². The Morgan fingerprint density at radius 3 is 2.86 bits per heavy atom. The maximum atomic E-state index is 12.3. The number of carbonyl (C=O) groups excluding carboxylic acids is 2. The monoisotopic (exact) mass is 406 g/mol. The summed E-state index contributed by atoms with van der Waals surface area (Å²) in [7, 11) is -4.83. The van der Waals surface area contributed by atoms with Crippen molar-refractivity contribution < 1.29 is 26.8 Å². The van der Waals surface area contributed by atoms with Gasteiger partial charge < -0.3 is 10.2 Å². The van der Waals surface area contributed by atoms with E-state index in [-0.39, 0.29) is 18.8 Å². The van der Waals surface area contributed by atoms with Gasteiger partial charge in [-0.05, 0) is 24.3 Å². The van der Waals surface area contributed by atoms with E-state index in [0.29, 0.717) is 16.6 Å². The fourth-order valence-electron chi connectivity index (χ4n) is 2.94. The largest absolute Gasteiger partial charge is 0.418 e. The first-order valence-electron chi connectivity index (χ1n) is 8.04. The van der Waals surface area contributed by atoms with Crippen LogP contribution >= 0.6 is 0 Å². The lowest BCUT2D eigenvalue weighted by Gasteiger charge is -2.20. The molecule has 3 amide bonds. The van der Waals surface area contributed by atoms with E-state index in [0.717, 1.165) is 0 Å². The van der Waals surface area contributed by atoms with Gasteiger partial charge in [-0.15, -0.1) is 4.28 Å². The third kappa shape index (κ3) is 3.58.